The quantitative estimate of drug-likeness (QED) is 0.559. The van der Waals surface area contributed by atoms with Crippen LogP contribution < -0.4 is 4.90 Å². The fourth-order valence-corrected chi connectivity index (χ4v) is 3.87. The smallest absolute Gasteiger partial charge is 0.218 e. The van der Waals surface area contributed by atoms with Gasteiger partial charge >= 0.3 is 0 Å². The number of hydrogen-bond donors (Lipinski definition) is 0. The van der Waals surface area contributed by atoms with Crippen LogP contribution in [0.4, 0.5) is 11.4 Å². The molecular formula is C23H18ClN3O. The van der Waals surface area contributed by atoms with Gasteiger partial charge in [0.1, 0.15) is 0 Å². The van der Waals surface area contributed by atoms with Crippen molar-refractivity contribution >= 4 is 34.5 Å². The Morgan fingerprint density at radius 2 is 1.61 bits per heavy atom. The predicted octanol–water partition coefficient (Wildman–Crippen LogP) is 5.78. The third-order valence-electron chi connectivity index (χ3n) is 5.10. The molecule has 28 heavy (non-hydrogen) atoms. The highest BCUT2D eigenvalue weighted by molar-refractivity contribution is 6.30. The molecule has 0 unspecified atom stereocenters. The highest BCUT2D eigenvalue weighted by atomic mass is 35.5. The van der Waals surface area contributed by atoms with Crippen LogP contribution in [0.15, 0.2) is 89.0 Å². The molecule has 2 aliphatic heterocycles. The lowest BCUT2D eigenvalue weighted by Gasteiger charge is -2.33. The molecule has 138 valence electrons. The van der Waals surface area contributed by atoms with Gasteiger partial charge in [-0.1, -0.05) is 59.2 Å². The zero-order valence-electron chi connectivity index (χ0n) is 15.3. The topological polar surface area (TPSA) is 37.2 Å². The van der Waals surface area contributed by atoms with Crippen molar-refractivity contribution in [2.24, 2.45) is 10.1 Å². The zero-order valence-corrected chi connectivity index (χ0v) is 16.1. The number of benzene rings is 3. The van der Waals surface area contributed by atoms with Crippen molar-refractivity contribution in [2.45, 2.75) is 19.1 Å². The van der Waals surface area contributed by atoms with Gasteiger partial charge in [0.2, 0.25) is 5.72 Å². The van der Waals surface area contributed by atoms with Crippen molar-refractivity contribution in [3.05, 3.63) is 95.0 Å². The van der Waals surface area contributed by atoms with Crippen LogP contribution in [0, 0.1) is 0 Å². The summed E-state index contributed by atoms with van der Waals surface area (Å²) in [4.78, 5) is 13.2. The van der Waals surface area contributed by atoms with Gasteiger partial charge in [-0.25, -0.2) is 0 Å². The Kier molecular flexibility index (Phi) is 3.95. The fourth-order valence-electron chi connectivity index (χ4n) is 3.75. The summed E-state index contributed by atoms with van der Waals surface area (Å²) in [5, 5.41) is 5.16. The van der Waals surface area contributed by atoms with Crippen LogP contribution in [0.1, 0.15) is 24.5 Å². The monoisotopic (exact) mass is 387 g/mol. The lowest BCUT2D eigenvalue weighted by atomic mass is 9.99. The molecule has 0 saturated carbocycles. The third kappa shape index (κ3) is 2.77. The molecule has 0 amide bonds. The maximum atomic E-state index is 6.07. The van der Waals surface area contributed by atoms with Crippen molar-refractivity contribution in [3.8, 4) is 0 Å². The maximum absolute atomic E-state index is 6.07. The van der Waals surface area contributed by atoms with Gasteiger partial charge in [-0.3, -0.25) is 9.89 Å². The SMILES string of the molecule is C[C@]12CC(c3ccccc3)=Nc3ccccc3N1C(c1ccc(Cl)cc1)=NO2. The highest BCUT2D eigenvalue weighted by Gasteiger charge is 2.46. The van der Waals surface area contributed by atoms with E-state index in [1.807, 2.05) is 60.7 Å². The van der Waals surface area contributed by atoms with E-state index in [-0.39, 0.29) is 0 Å². The van der Waals surface area contributed by atoms with E-state index in [4.69, 9.17) is 21.4 Å². The molecule has 3 aromatic carbocycles. The van der Waals surface area contributed by atoms with Crippen LogP contribution in [0.2, 0.25) is 5.02 Å². The van der Waals surface area contributed by atoms with Crippen LogP contribution in [0.3, 0.4) is 0 Å². The maximum Gasteiger partial charge on any atom is 0.218 e. The highest BCUT2D eigenvalue weighted by Crippen LogP contribution is 2.43. The summed E-state index contributed by atoms with van der Waals surface area (Å²) in [5.41, 5.74) is 4.22. The normalized spacial score (nSPS) is 20.4. The lowest BCUT2D eigenvalue weighted by Crippen LogP contribution is -2.47. The standard InChI is InChI=1S/C23H18ClN3O/c1-23-15-20(16-7-3-2-4-8-16)25-19-9-5-6-10-21(19)27(23)22(26-28-23)17-11-13-18(24)14-12-17/h2-14H,15H2,1H3/t23-/m0/s1. The largest absolute Gasteiger partial charge is 0.365 e. The Labute approximate surface area is 168 Å². The number of nitrogens with zero attached hydrogens (tertiary/aromatic N) is 3. The van der Waals surface area contributed by atoms with Crippen molar-refractivity contribution in [1.29, 1.82) is 0 Å². The Morgan fingerprint density at radius 3 is 2.39 bits per heavy atom. The number of amidine groups is 1. The molecule has 4 nitrogen and oxygen atoms in total. The lowest BCUT2D eigenvalue weighted by molar-refractivity contribution is 0.00471. The summed E-state index contributed by atoms with van der Waals surface area (Å²) in [6, 6.07) is 26.0. The molecule has 2 heterocycles. The zero-order chi connectivity index (χ0) is 19.1. The summed E-state index contributed by atoms with van der Waals surface area (Å²) >= 11 is 6.07. The molecule has 5 rings (SSSR count). The van der Waals surface area contributed by atoms with Gasteiger partial charge in [0.25, 0.3) is 0 Å². The average molecular weight is 388 g/mol. The summed E-state index contributed by atoms with van der Waals surface area (Å²) in [7, 11) is 0. The van der Waals surface area contributed by atoms with Crippen LogP contribution >= 0.6 is 11.6 Å². The molecule has 5 heteroatoms. The van der Waals surface area contributed by atoms with Crippen LogP contribution in [0.5, 0.6) is 0 Å². The minimum absolute atomic E-state index is 0.603. The van der Waals surface area contributed by atoms with Gasteiger partial charge in [0.15, 0.2) is 5.84 Å². The summed E-state index contributed by atoms with van der Waals surface area (Å²) in [6.07, 6.45) is 0.603. The number of fused-ring (bicyclic) bond motifs is 3. The van der Waals surface area contributed by atoms with Gasteiger partial charge in [-0.15, -0.1) is 0 Å². The molecule has 0 bridgehead atoms. The van der Waals surface area contributed by atoms with Crippen LogP contribution in [0.25, 0.3) is 0 Å². The minimum Gasteiger partial charge on any atom is -0.365 e. The van der Waals surface area contributed by atoms with Gasteiger partial charge in [0, 0.05) is 10.6 Å². The van der Waals surface area contributed by atoms with Crippen molar-refractivity contribution < 1.29 is 4.84 Å². The Morgan fingerprint density at radius 1 is 0.893 bits per heavy atom. The van der Waals surface area contributed by atoms with Crippen LogP contribution in [-0.2, 0) is 4.84 Å². The van der Waals surface area contributed by atoms with Gasteiger partial charge < -0.3 is 4.84 Å². The second-order valence-corrected chi connectivity index (χ2v) is 7.55. The first-order valence-corrected chi connectivity index (χ1v) is 9.56. The first-order chi connectivity index (χ1) is 13.6. The Hall–Kier alpha value is -3.11. The number of halogens is 1. The Bertz CT molecular complexity index is 1090. The molecule has 0 radical (unpaired) electrons. The van der Waals surface area contributed by atoms with E-state index in [2.05, 4.69) is 35.2 Å². The van der Waals surface area contributed by atoms with Crippen molar-refractivity contribution in [1.82, 2.24) is 0 Å². The number of hydrogen-bond acceptors (Lipinski definition) is 4. The molecule has 0 N–H and O–H groups in total. The molecule has 0 fully saturated rings. The average Bonchev–Trinajstić information content (AvgIpc) is 2.99. The number of rotatable bonds is 2. The molecular weight excluding hydrogens is 370 g/mol. The first-order valence-electron chi connectivity index (χ1n) is 9.18. The number of oxime groups is 1. The summed E-state index contributed by atoms with van der Waals surface area (Å²) in [6.45, 7) is 2.06. The van der Waals surface area contributed by atoms with E-state index in [1.54, 1.807) is 0 Å². The molecule has 0 saturated heterocycles. The summed E-state index contributed by atoms with van der Waals surface area (Å²) < 4.78 is 0. The van der Waals surface area contributed by atoms with Crippen LogP contribution in [-0.4, -0.2) is 17.3 Å². The molecule has 0 aliphatic carbocycles. The Balaban J connectivity index is 1.65. The van der Waals surface area contributed by atoms with Gasteiger partial charge in [0.05, 0.1) is 23.5 Å². The van der Waals surface area contributed by atoms with Gasteiger partial charge in [-0.05, 0) is 48.9 Å². The van der Waals surface area contributed by atoms with Crippen molar-refractivity contribution in [3.63, 3.8) is 0 Å². The van der Waals surface area contributed by atoms with E-state index in [1.165, 1.54) is 0 Å². The van der Waals surface area contributed by atoms with E-state index < -0.39 is 5.72 Å². The van der Waals surface area contributed by atoms with Gasteiger partial charge in [-0.2, -0.15) is 0 Å². The molecule has 3 aromatic rings. The second kappa shape index (κ2) is 6.50. The van der Waals surface area contributed by atoms with Crippen molar-refractivity contribution in [2.75, 3.05) is 4.90 Å². The first kappa shape index (κ1) is 17.0. The number of aliphatic imine (C=N–C) groups is 1. The van der Waals surface area contributed by atoms with E-state index >= 15 is 0 Å². The third-order valence-corrected chi connectivity index (χ3v) is 5.35. The van der Waals surface area contributed by atoms with E-state index in [9.17, 15) is 0 Å². The molecule has 1 atom stereocenters. The fraction of sp³-hybridized carbons (Fsp3) is 0.130. The molecule has 0 spiro atoms. The van der Waals surface area contributed by atoms with E-state index in [0.717, 1.165) is 34.0 Å². The molecule has 0 aromatic heterocycles. The minimum atomic E-state index is -0.670. The summed E-state index contributed by atoms with van der Waals surface area (Å²) in [5.74, 6) is 0.760. The second-order valence-electron chi connectivity index (χ2n) is 7.11. The number of para-hydroxylation sites is 2. The van der Waals surface area contributed by atoms with E-state index in [0.29, 0.717) is 11.4 Å². The predicted molar refractivity (Wildman–Crippen MR) is 114 cm³/mol. The number of anilines is 1. The molecule has 2 aliphatic rings.